The van der Waals surface area contributed by atoms with Gasteiger partial charge in [-0.2, -0.15) is 0 Å². The Kier molecular flexibility index (Phi) is 4.11. The summed E-state index contributed by atoms with van der Waals surface area (Å²) >= 11 is 2.13. The molecule has 20 heavy (non-hydrogen) atoms. The molecule has 2 N–H and O–H groups in total. The standard InChI is InChI=1S/C11H12N2O4S3/c1-3-8-6(2)19-11(12-8)13-20(16,17)7-4-9(10(14)15)18-5-7/h4-5H,3H2,1-2H3,(H,12,13)(H,14,15). The highest BCUT2D eigenvalue weighted by atomic mass is 32.2. The Morgan fingerprint density at radius 2 is 2.20 bits per heavy atom. The number of thiazole rings is 1. The Morgan fingerprint density at radius 1 is 1.50 bits per heavy atom. The van der Waals surface area contributed by atoms with Gasteiger partial charge in [-0.15, -0.1) is 22.7 Å². The van der Waals surface area contributed by atoms with Crippen LogP contribution in [0.4, 0.5) is 5.13 Å². The van der Waals surface area contributed by atoms with Crippen LogP contribution >= 0.6 is 22.7 Å². The van der Waals surface area contributed by atoms with Crippen LogP contribution in [-0.4, -0.2) is 24.5 Å². The van der Waals surface area contributed by atoms with Crippen molar-refractivity contribution in [3.63, 3.8) is 0 Å². The van der Waals surface area contributed by atoms with E-state index in [0.717, 1.165) is 34.4 Å². The fraction of sp³-hybridized carbons (Fsp3) is 0.273. The summed E-state index contributed by atoms with van der Waals surface area (Å²) in [6, 6.07) is 1.14. The van der Waals surface area contributed by atoms with Crippen molar-refractivity contribution < 1.29 is 18.3 Å². The molecule has 0 spiro atoms. The molecule has 0 fully saturated rings. The second-order valence-electron chi connectivity index (χ2n) is 3.93. The number of aromatic nitrogens is 1. The molecule has 0 saturated heterocycles. The second-order valence-corrected chi connectivity index (χ2v) is 7.73. The smallest absolute Gasteiger partial charge is 0.345 e. The van der Waals surface area contributed by atoms with Gasteiger partial charge in [0.15, 0.2) is 5.13 Å². The molecule has 0 aliphatic carbocycles. The third-order valence-electron chi connectivity index (χ3n) is 2.55. The van der Waals surface area contributed by atoms with E-state index in [4.69, 9.17) is 5.11 Å². The van der Waals surface area contributed by atoms with E-state index in [1.54, 1.807) is 0 Å². The van der Waals surface area contributed by atoms with Gasteiger partial charge in [0.2, 0.25) is 0 Å². The van der Waals surface area contributed by atoms with Crippen molar-refractivity contribution in [2.45, 2.75) is 25.2 Å². The number of nitrogens with one attached hydrogen (secondary N) is 1. The summed E-state index contributed by atoms with van der Waals surface area (Å²) in [7, 11) is -3.79. The largest absolute Gasteiger partial charge is 0.477 e. The van der Waals surface area contributed by atoms with Gasteiger partial charge >= 0.3 is 5.97 Å². The minimum atomic E-state index is -3.79. The number of aryl methyl sites for hydroxylation is 2. The van der Waals surface area contributed by atoms with Crippen molar-refractivity contribution in [2.75, 3.05) is 4.72 Å². The number of carboxylic acid groups (broad SMARTS) is 1. The van der Waals surface area contributed by atoms with E-state index in [0.29, 0.717) is 5.13 Å². The van der Waals surface area contributed by atoms with Crippen LogP contribution in [0.1, 0.15) is 27.2 Å². The monoisotopic (exact) mass is 332 g/mol. The van der Waals surface area contributed by atoms with Crippen LogP contribution in [0.2, 0.25) is 0 Å². The molecule has 0 aromatic carbocycles. The summed E-state index contributed by atoms with van der Waals surface area (Å²) in [6.07, 6.45) is 0.728. The number of rotatable bonds is 5. The average molecular weight is 332 g/mol. The van der Waals surface area contributed by atoms with Gasteiger partial charge in [0.25, 0.3) is 10.0 Å². The zero-order valence-corrected chi connectivity index (χ0v) is 13.2. The fourth-order valence-corrected chi connectivity index (χ4v) is 4.79. The normalized spacial score (nSPS) is 11.5. The van der Waals surface area contributed by atoms with Gasteiger partial charge in [-0.3, -0.25) is 4.72 Å². The number of hydrogen-bond acceptors (Lipinski definition) is 6. The van der Waals surface area contributed by atoms with Crippen molar-refractivity contribution in [2.24, 2.45) is 0 Å². The molecular weight excluding hydrogens is 320 g/mol. The first-order valence-electron chi connectivity index (χ1n) is 5.64. The van der Waals surface area contributed by atoms with Crippen molar-refractivity contribution in [3.05, 3.63) is 26.9 Å². The molecule has 0 radical (unpaired) electrons. The van der Waals surface area contributed by atoms with Gasteiger partial charge in [0.05, 0.1) is 10.6 Å². The quantitative estimate of drug-likeness (QED) is 0.877. The molecular formula is C11H12N2O4S3. The van der Waals surface area contributed by atoms with Crippen LogP contribution in [0.15, 0.2) is 16.3 Å². The number of sulfonamides is 1. The predicted octanol–water partition coefficient (Wildman–Crippen LogP) is 2.57. The lowest BCUT2D eigenvalue weighted by Gasteiger charge is -2.01. The van der Waals surface area contributed by atoms with E-state index >= 15 is 0 Å². The van der Waals surface area contributed by atoms with Crippen molar-refractivity contribution >= 4 is 43.8 Å². The summed E-state index contributed by atoms with van der Waals surface area (Å²) in [5.41, 5.74) is 0.851. The summed E-state index contributed by atoms with van der Waals surface area (Å²) < 4.78 is 26.6. The summed E-state index contributed by atoms with van der Waals surface area (Å²) in [5.74, 6) is -1.14. The van der Waals surface area contributed by atoms with Gasteiger partial charge in [-0.25, -0.2) is 18.2 Å². The summed E-state index contributed by atoms with van der Waals surface area (Å²) in [4.78, 5) is 15.8. The van der Waals surface area contributed by atoms with Crippen LogP contribution < -0.4 is 4.72 Å². The molecule has 2 aromatic heterocycles. The molecule has 2 aromatic rings. The highest BCUT2D eigenvalue weighted by Gasteiger charge is 2.20. The first-order valence-corrected chi connectivity index (χ1v) is 8.82. The minimum absolute atomic E-state index is 0.0186. The molecule has 0 aliphatic heterocycles. The van der Waals surface area contributed by atoms with E-state index in [1.807, 2.05) is 13.8 Å². The van der Waals surface area contributed by atoms with Crippen LogP contribution in [-0.2, 0) is 16.4 Å². The molecule has 0 atom stereocenters. The molecule has 9 heteroatoms. The summed E-state index contributed by atoms with van der Waals surface area (Å²) in [5, 5.41) is 10.4. The highest BCUT2D eigenvalue weighted by molar-refractivity contribution is 7.93. The molecule has 108 valence electrons. The number of hydrogen-bond donors (Lipinski definition) is 2. The van der Waals surface area contributed by atoms with Gasteiger partial charge in [0, 0.05) is 10.3 Å². The molecule has 0 bridgehead atoms. The van der Waals surface area contributed by atoms with Crippen LogP contribution in [0.5, 0.6) is 0 Å². The lowest BCUT2D eigenvalue weighted by molar-refractivity contribution is 0.0702. The topological polar surface area (TPSA) is 96.4 Å². The van der Waals surface area contributed by atoms with Crippen molar-refractivity contribution in [1.82, 2.24) is 4.98 Å². The molecule has 0 aliphatic rings. The molecule has 6 nitrogen and oxygen atoms in total. The van der Waals surface area contributed by atoms with E-state index in [-0.39, 0.29) is 9.77 Å². The van der Waals surface area contributed by atoms with E-state index in [9.17, 15) is 13.2 Å². The predicted molar refractivity (Wildman–Crippen MR) is 78.3 cm³/mol. The van der Waals surface area contributed by atoms with Crippen LogP contribution in [0.3, 0.4) is 0 Å². The van der Waals surface area contributed by atoms with E-state index in [1.165, 1.54) is 16.7 Å². The van der Waals surface area contributed by atoms with Crippen LogP contribution in [0, 0.1) is 6.92 Å². The van der Waals surface area contributed by atoms with Gasteiger partial charge < -0.3 is 5.11 Å². The number of carbonyl (C=O) groups is 1. The first kappa shape index (κ1) is 14.9. The molecule has 0 amide bonds. The maximum absolute atomic E-state index is 12.1. The summed E-state index contributed by atoms with van der Waals surface area (Å²) in [6.45, 7) is 3.82. The maximum atomic E-state index is 12.1. The number of carboxylic acids is 1. The minimum Gasteiger partial charge on any atom is -0.477 e. The van der Waals surface area contributed by atoms with Crippen molar-refractivity contribution in [3.8, 4) is 0 Å². The lowest BCUT2D eigenvalue weighted by atomic mass is 10.3. The number of aromatic carboxylic acids is 1. The van der Waals surface area contributed by atoms with E-state index < -0.39 is 16.0 Å². The maximum Gasteiger partial charge on any atom is 0.345 e. The zero-order chi connectivity index (χ0) is 14.9. The lowest BCUT2D eigenvalue weighted by Crippen LogP contribution is -2.12. The van der Waals surface area contributed by atoms with Crippen molar-refractivity contribution in [1.29, 1.82) is 0 Å². The SMILES string of the molecule is CCc1nc(NS(=O)(=O)c2csc(C(=O)O)c2)sc1C. The zero-order valence-electron chi connectivity index (χ0n) is 10.7. The number of thiophene rings is 1. The molecule has 0 unspecified atom stereocenters. The van der Waals surface area contributed by atoms with Crippen LogP contribution in [0.25, 0.3) is 0 Å². The number of anilines is 1. The third kappa shape index (κ3) is 3.00. The molecule has 0 saturated carbocycles. The second kappa shape index (κ2) is 5.51. The number of nitrogens with zero attached hydrogens (tertiary/aromatic N) is 1. The van der Waals surface area contributed by atoms with E-state index in [2.05, 4.69) is 9.71 Å². The van der Waals surface area contributed by atoms with Gasteiger partial charge in [0.1, 0.15) is 4.88 Å². The average Bonchev–Trinajstić information content (AvgIpc) is 2.95. The first-order chi connectivity index (χ1) is 9.33. The molecule has 2 heterocycles. The Morgan fingerprint density at radius 3 is 2.70 bits per heavy atom. The Balaban J connectivity index is 2.27. The van der Waals surface area contributed by atoms with Gasteiger partial charge in [-0.05, 0) is 19.4 Å². The third-order valence-corrected chi connectivity index (χ3v) is 5.99. The highest BCUT2D eigenvalue weighted by Crippen LogP contribution is 2.26. The molecule has 2 rings (SSSR count). The Bertz CT molecular complexity index is 746. The van der Waals surface area contributed by atoms with Gasteiger partial charge in [-0.1, -0.05) is 6.92 Å². The Hall–Kier alpha value is -1.45. The Labute approximate surface area is 124 Å². The fourth-order valence-electron chi connectivity index (χ4n) is 1.55.